The number of hydrogen-bond donors (Lipinski definition) is 2. The van der Waals surface area contributed by atoms with Crippen molar-refractivity contribution in [1.82, 2.24) is 9.88 Å². The van der Waals surface area contributed by atoms with Crippen LogP contribution in [0.1, 0.15) is 16.9 Å². The summed E-state index contributed by atoms with van der Waals surface area (Å²) in [4.78, 5) is 26.4. The Hall–Kier alpha value is -3.28. The van der Waals surface area contributed by atoms with Crippen LogP contribution in [0.15, 0.2) is 54.6 Å². The first-order valence-electron chi connectivity index (χ1n) is 8.65. The van der Waals surface area contributed by atoms with Crippen LogP contribution < -0.4 is 15.5 Å². The van der Waals surface area contributed by atoms with Gasteiger partial charge in [-0.1, -0.05) is 24.3 Å². The number of hydrogen-bond acceptors (Lipinski definition) is 2. The van der Waals surface area contributed by atoms with Crippen LogP contribution in [0.2, 0.25) is 0 Å². The molecule has 2 N–H and O–H groups in total. The minimum absolute atomic E-state index is 0.103. The number of anilines is 2. The summed E-state index contributed by atoms with van der Waals surface area (Å²) in [6.45, 7) is 1.37. The SMILES string of the molecule is Cn1c(C(=O)Nc2cccc(N3CCCNC3=O)c2)cc2ccccc21. The Kier molecular flexibility index (Phi) is 4.08. The highest BCUT2D eigenvalue weighted by Crippen LogP contribution is 2.23. The van der Waals surface area contributed by atoms with Gasteiger partial charge in [-0.2, -0.15) is 0 Å². The van der Waals surface area contributed by atoms with Gasteiger partial charge in [0, 0.05) is 42.4 Å². The second kappa shape index (κ2) is 6.55. The smallest absolute Gasteiger partial charge is 0.321 e. The van der Waals surface area contributed by atoms with Crippen LogP contribution >= 0.6 is 0 Å². The van der Waals surface area contributed by atoms with Crippen LogP contribution in [-0.4, -0.2) is 29.6 Å². The van der Waals surface area contributed by atoms with Gasteiger partial charge >= 0.3 is 6.03 Å². The summed E-state index contributed by atoms with van der Waals surface area (Å²) < 4.78 is 1.88. The number of carbonyl (C=O) groups excluding carboxylic acids is 2. The first-order chi connectivity index (χ1) is 12.6. The summed E-state index contributed by atoms with van der Waals surface area (Å²) in [6.07, 6.45) is 0.901. The van der Waals surface area contributed by atoms with Crippen LogP contribution in [0, 0.1) is 0 Å². The summed E-state index contributed by atoms with van der Waals surface area (Å²) in [7, 11) is 1.88. The predicted molar refractivity (Wildman–Crippen MR) is 103 cm³/mol. The van der Waals surface area contributed by atoms with Crippen molar-refractivity contribution in [2.75, 3.05) is 23.3 Å². The lowest BCUT2D eigenvalue weighted by atomic mass is 10.2. The third kappa shape index (κ3) is 2.90. The average molecular weight is 348 g/mol. The van der Waals surface area contributed by atoms with Gasteiger partial charge < -0.3 is 15.2 Å². The molecule has 6 nitrogen and oxygen atoms in total. The molecule has 2 aromatic carbocycles. The average Bonchev–Trinajstić information content (AvgIpc) is 3.00. The molecule has 3 aromatic rings. The number of para-hydroxylation sites is 1. The number of aromatic nitrogens is 1. The monoisotopic (exact) mass is 348 g/mol. The van der Waals surface area contributed by atoms with E-state index in [1.54, 1.807) is 4.90 Å². The molecule has 4 rings (SSSR count). The molecular weight excluding hydrogens is 328 g/mol. The molecule has 1 fully saturated rings. The number of nitrogens with zero attached hydrogens (tertiary/aromatic N) is 2. The Bertz CT molecular complexity index is 992. The van der Waals surface area contributed by atoms with E-state index in [1.165, 1.54) is 0 Å². The van der Waals surface area contributed by atoms with Crippen LogP contribution in [0.5, 0.6) is 0 Å². The van der Waals surface area contributed by atoms with Crippen LogP contribution in [0.4, 0.5) is 16.2 Å². The molecule has 0 atom stereocenters. The van der Waals surface area contributed by atoms with Crippen molar-refractivity contribution in [3.8, 4) is 0 Å². The van der Waals surface area contributed by atoms with Gasteiger partial charge in [0.15, 0.2) is 0 Å². The van der Waals surface area contributed by atoms with Gasteiger partial charge in [-0.15, -0.1) is 0 Å². The Balaban J connectivity index is 1.58. The minimum atomic E-state index is -0.177. The fourth-order valence-electron chi connectivity index (χ4n) is 3.33. The molecular formula is C20H20N4O2. The lowest BCUT2D eigenvalue weighted by Gasteiger charge is -2.27. The highest BCUT2D eigenvalue weighted by Gasteiger charge is 2.20. The lowest BCUT2D eigenvalue weighted by molar-refractivity contribution is 0.101. The standard InChI is InChI=1S/C20H20N4O2/c1-23-17-9-3-2-6-14(17)12-18(23)19(25)22-15-7-4-8-16(13-15)24-11-5-10-21-20(24)26/h2-4,6-9,12-13H,5,10-11H2,1H3,(H,21,26)(H,22,25). The van der Waals surface area contributed by atoms with Gasteiger partial charge in [-0.3, -0.25) is 9.69 Å². The molecule has 132 valence electrons. The zero-order valence-corrected chi connectivity index (χ0v) is 14.5. The number of amides is 3. The Morgan fingerprint density at radius 3 is 2.77 bits per heavy atom. The summed E-state index contributed by atoms with van der Waals surface area (Å²) in [5.41, 5.74) is 3.04. The van der Waals surface area contributed by atoms with Crippen LogP contribution in [-0.2, 0) is 7.05 Å². The minimum Gasteiger partial charge on any atom is -0.340 e. The molecule has 0 radical (unpaired) electrons. The summed E-state index contributed by atoms with van der Waals surface area (Å²) in [6, 6.07) is 17.0. The maximum absolute atomic E-state index is 12.7. The van der Waals surface area contributed by atoms with E-state index >= 15 is 0 Å². The Morgan fingerprint density at radius 1 is 1.12 bits per heavy atom. The Labute approximate surface area is 151 Å². The molecule has 0 unspecified atom stereocenters. The topological polar surface area (TPSA) is 66.4 Å². The number of benzene rings is 2. The molecule has 1 aliphatic rings. The van der Waals surface area contributed by atoms with Crippen molar-refractivity contribution in [2.24, 2.45) is 7.05 Å². The van der Waals surface area contributed by atoms with Crippen molar-refractivity contribution in [1.29, 1.82) is 0 Å². The predicted octanol–water partition coefficient (Wildman–Crippen LogP) is 3.35. The van der Waals surface area contributed by atoms with Gasteiger partial charge in [0.05, 0.1) is 0 Å². The van der Waals surface area contributed by atoms with E-state index in [2.05, 4.69) is 10.6 Å². The van der Waals surface area contributed by atoms with Crippen molar-refractivity contribution in [3.63, 3.8) is 0 Å². The van der Waals surface area contributed by atoms with Gasteiger partial charge in [0.1, 0.15) is 5.69 Å². The number of rotatable bonds is 3. The van der Waals surface area contributed by atoms with Crippen LogP contribution in [0.25, 0.3) is 10.9 Å². The summed E-state index contributed by atoms with van der Waals surface area (Å²) >= 11 is 0. The highest BCUT2D eigenvalue weighted by molar-refractivity contribution is 6.06. The number of nitrogens with one attached hydrogen (secondary N) is 2. The first kappa shape index (κ1) is 16.2. The normalized spacial score (nSPS) is 14.3. The van der Waals surface area contributed by atoms with E-state index in [4.69, 9.17) is 0 Å². The zero-order chi connectivity index (χ0) is 18.1. The second-order valence-corrected chi connectivity index (χ2v) is 6.39. The number of carbonyl (C=O) groups is 2. The molecule has 3 amide bonds. The maximum atomic E-state index is 12.7. The summed E-state index contributed by atoms with van der Waals surface area (Å²) in [5.74, 6) is -0.177. The third-order valence-electron chi connectivity index (χ3n) is 4.68. The largest absolute Gasteiger partial charge is 0.340 e. The van der Waals surface area contributed by atoms with E-state index in [-0.39, 0.29) is 11.9 Å². The van der Waals surface area contributed by atoms with Crippen molar-refractivity contribution < 1.29 is 9.59 Å². The molecule has 0 aliphatic carbocycles. The lowest BCUT2D eigenvalue weighted by Crippen LogP contribution is -2.46. The van der Waals surface area contributed by atoms with Crippen LogP contribution in [0.3, 0.4) is 0 Å². The fourth-order valence-corrected chi connectivity index (χ4v) is 3.33. The first-order valence-corrected chi connectivity index (χ1v) is 8.65. The van der Waals surface area contributed by atoms with E-state index in [1.807, 2.05) is 66.2 Å². The van der Waals surface area contributed by atoms with Crippen molar-refractivity contribution in [2.45, 2.75) is 6.42 Å². The van der Waals surface area contributed by atoms with Gasteiger partial charge in [-0.05, 0) is 36.8 Å². The van der Waals surface area contributed by atoms with Gasteiger partial charge in [0.25, 0.3) is 5.91 Å². The summed E-state index contributed by atoms with van der Waals surface area (Å²) in [5, 5.41) is 6.80. The quantitative estimate of drug-likeness (QED) is 0.762. The van der Waals surface area contributed by atoms with E-state index < -0.39 is 0 Å². The van der Waals surface area contributed by atoms with E-state index in [0.717, 1.165) is 23.0 Å². The molecule has 6 heteroatoms. The van der Waals surface area contributed by atoms with E-state index in [0.29, 0.717) is 24.5 Å². The molecule has 1 saturated heterocycles. The molecule has 2 heterocycles. The number of aryl methyl sites for hydroxylation is 1. The molecule has 0 spiro atoms. The van der Waals surface area contributed by atoms with Crippen molar-refractivity contribution >= 4 is 34.2 Å². The zero-order valence-electron chi connectivity index (χ0n) is 14.5. The third-order valence-corrected chi connectivity index (χ3v) is 4.68. The Morgan fingerprint density at radius 2 is 1.96 bits per heavy atom. The highest BCUT2D eigenvalue weighted by atomic mass is 16.2. The molecule has 26 heavy (non-hydrogen) atoms. The van der Waals surface area contributed by atoms with Crippen molar-refractivity contribution in [3.05, 3.63) is 60.3 Å². The van der Waals surface area contributed by atoms with E-state index in [9.17, 15) is 9.59 Å². The second-order valence-electron chi connectivity index (χ2n) is 6.39. The van der Waals surface area contributed by atoms with Gasteiger partial charge in [-0.25, -0.2) is 4.79 Å². The number of fused-ring (bicyclic) bond motifs is 1. The molecule has 1 aromatic heterocycles. The molecule has 1 aliphatic heterocycles. The fraction of sp³-hybridized carbons (Fsp3) is 0.200. The number of urea groups is 1. The maximum Gasteiger partial charge on any atom is 0.321 e. The molecule has 0 saturated carbocycles. The van der Waals surface area contributed by atoms with Gasteiger partial charge in [0.2, 0.25) is 0 Å². The molecule has 0 bridgehead atoms.